The van der Waals surface area contributed by atoms with Gasteiger partial charge in [0.1, 0.15) is 0 Å². The average Bonchev–Trinajstić information content (AvgIpc) is 3.11. The van der Waals surface area contributed by atoms with Gasteiger partial charge < -0.3 is 4.90 Å². The van der Waals surface area contributed by atoms with Crippen molar-refractivity contribution < 1.29 is 0 Å². The number of hydrogen-bond acceptors (Lipinski definition) is 2. The average molecular weight is 509 g/mol. The summed E-state index contributed by atoms with van der Waals surface area (Å²) in [4.78, 5) is 2.65. The molecule has 0 saturated carbocycles. The maximum absolute atomic E-state index is 9.53. The fraction of sp³-hybridized carbons (Fsp3) is 0.324. The van der Waals surface area contributed by atoms with Crippen LogP contribution in [-0.4, -0.2) is 24.5 Å². The Balaban J connectivity index is 0.00000320. The van der Waals surface area contributed by atoms with Crippen LogP contribution < -0.4 is 0 Å². The molecule has 3 heteroatoms. The fourth-order valence-electron chi connectivity index (χ4n) is 5.77. The quantitative estimate of drug-likeness (QED) is 0.222. The number of fused-ring (bicyclic) bond motifs is 2. The summed E-state index contributed by atoms with van der Waals surface area (Å²) >= 11 is 0. The minimum atomic E-state index is 0. The molecule has 2 aliphatic rings. The van der Waals surface area contributed by atoms with E-state index in [4.69, 9.17) is 0 Å². The van der Waals surface area contributed by atoms with Gasteiger partial charge in [0.2, 0.25) is 0 Å². The van der Waals surface area contributed by atoms with Crippen LogP contribution in [0.3, 0.4) is 0 Å². The summed E-state index contributed by atoms with van der Waals surface area (Å²) < 4.78 is 0. The molecule has 0 spiro atoms. The van der Waals surface area contributed by atoms with Crippen LogP contribution in [0, 0.1) is 11.3 Å². The highest BCUT2D eigenvalue weighted by Crippen LogP contribution is 2.38. The number of rotatable bonds is 8. The number of nitriles is 1. The van der Waals surface area contributed by atoms with Crippen LogP contribution in [0.25, 0.3) is 17.7 Å². The molecule has 0 N–H and O–H groups in total. The zero-order valence-electron chi connectivity index (χ0n) is 21.6. The van der Waals surface area contributed by atoms with Gasteiger partial charge in [-0.1, -0.05) is 116 Å². The number of halogens is 1. The summed E-state index contributed by atoms with van der Waals surface area (Å²) in [5.41, 5.74) is 9.65. The largest absolute Gasteiger partial charge is 0.303 e. The normalized spacial score (nSPS) is 15.6. The molecule has 190 valence electrons. The maximum atomic E-state index is 9.53. The van der Waals surface area contributed by atoms with E-state index in [1.54, 1.807) is 5.57 Å². The third-order valence-corrected chi connectivity index (χ3v) is 7.79. The highest BCUT2D eigenvalue weighted by molar-refractivity contribution is 5.94. The topological polar surface area (TPSA) is 27.0 Å². The molecule has 0 bridgehead atoms. The molecule has 3 aromatic carbocycles. The van der Waals surface area contributed by atoms with Crippen LogP contribution in [0.4, 0.5) is 0 Å². The fourth-order valence-corrected chi connectivity index (χ4v) is 5.77. The van der Waals surface area contributed by atoms with E-state index >= 15 is 0 Å². The van der Waals surface area contributed by atoms with Gasteiger partial charge in [-0.15, -0.1) is 12.4 Å². The Morgan fingerprint density at radius 3 is 1.89 bits per heavy atom. The van der Waals surface area contributed by atoms with Gasteiger partial charge in [-0.05, 0) is 65.6 Å². The van der Waals surface area contributed by atoms with Gasteiger partial charge in [0.05, 0.1) is 12.0 Å². The first kappa shape index (κ1) is 26.9. The lowest BCUT2D eigenvalue weighted by Crippen LogP contribution is -2.32. The van der Waals surface area contributed by atoms with Gasteiger partial charge in [-0.3, -0.25) is 0 Å². The molecule has 1 aliphatic carbocycles. The SMILES string of the molecule is Cl.N#CC(CCCCCCN1CCC(=C2c3ccccc3C=Cc3ccccc32)CC1)c1ccccc1. The molecule has 1 atom stereocenters. The summed E-state index contributed by atoms with van der Waals surface area (Å²) in [5, 5.41) is 9.53. The van der Waals surface area contributed by atoms with Gasteiger partial charge >= 0.3 is 0 Å². The summed E-state index contributed by atoms with van der Waals surface area (Å²) in [6.45, 7) is 3.50. The number of likely N-dealkylation sites (tertiary alicyclic amines) is 1. The van der Waals surface area contributed by atoms with Crippen molar-refractivity contribution in [1.29, 1.82) is 5.26 Å². The van der Waals surface area contributed by atoms with Crippen LogP contribution in [0.1, 0.15) is 78.7 Å². The lowest BCUT2D eigenvalue weighted by atomic mass is 9.86. The molecule has 0 radical (unpaired) electrons. The van der Waals surface area contributed by atoms with E-state index in [1.165, 1.54) is 53.6 Å². The van der Waals surface area contributed by atoms with Crippen molar-refractivity contribution >= 4 is 30.1 Å². The van der Waals surface area contributed by atoms with Crippen molar-refractivity contribution in [1.82, 2.24) is 4.90 Å². The lowest BCUT2D eigenvalue weighted by molar-refractivity contribution is 0.251. The van der Waals surface area contributed by atoms with E-state index in [0.29, 0.717) is 0 Å². The van der Waals surface area contributed by atoms with Crippen LogP contribution >= 0.6 is 12.4 Å². The molecule has 1 heterocycles. The zero-order chi connectivity index (χ0) is 24.6. The first-order chi connectivity index (χ1) is 17.8. The highest BCUT2D eigenvalue weighted by atomic mass is 35.5. The smallest absolute Gasteiger partial charge is 0.0712 e. The predicted octanol–water partition coefficient (Wildman–Crippen LogP) is 8.75. The standard InChI is InChI=1S/C34H36N2.ClH/c35-26-31(27-12-5-3-6-13-27)16-4-1-2-11-23-36-24-21-30(22-25-36)34-32-17-9-7-14-28(32)19-20-29-15-8-10-18-33(29)34;/h3,5-10,12-15,17-20,31H,1-2,4,11,16,21-25H2;1H. The molecule has 1 aliphatic heterocycles. The van der Waals surface area contributed by atoms with Crippen LogP contribution in [-0.2, 0) is 0 Å². The third kappa shape index (κ3) is 6.61. The van der Waals surface area contributed by atoms with E-state index in [2.05, 4.69) is 83.8 Å². The molecule has 0 amide bonds. The van der Waals surface area contributed by atoms with Crippen LogP contribution in [0.5, 0.6) is 0 Å². The van der Waals surface area contributed by atoms with Crippen molar-refractivity contribution in [3.63, 3.8) is 0 Å². The second-order valence-corrected chi connectivity index (χ2v) is 10.1. The van der Waals surface area contributed by atoms with Gasteiger partial charge in [-0.2, -0.15) is 5.26 Å². The molecule has 0 aromatic heterocycles. The minimum Gasteiger partial charge on any atom is -0.303 e. The van der Waals surface area contributed by atoms with Crippen molar-refractivity contribution in [2.24, 2.45) is 0 Å². The second-order valence-electron chi connectivity index (χ2n) is 10.1. The predicted molar refractivity (Wildman–Crippen MR) is 159 cm³/mol. The second kappa shape index (κ2) is 13.4. The Labute approximate surface area is 228 Å². The van der Waals surface area contributed by atoms with Gasteiger partial charge in [0, 0.05) is 13.1 Å². The molecular weight excluding hydrogens is 472 g/mol. The molecule has 1 saturated heterocycles. The monoisotopic (exact) mass is 508 g/mol. The van der Waals surface area contributed by atoms with Gasteiger partial charge in [0.25, 0.3) is 0 Å². The Morgan fingerprint density at radius 2 is 1.27 bits per heavy atom. The number of hydrogen-bond donors (Lipinski definition) is 0. The highest BCUT2D eigenvalue weighted by Gasteiger charge is 2.22. The van der Waals surface area contributed by atoms with Crippen molar-refractivity contribution in [2.45, 2.75) is 50.9 Å². The first-order valence-electron chi connectivity index (χ1n) is 13.6. The van der Waals surface area contributed by atoms with Crippen LogP contribution in [0.15, 0.2) is 84.4 Å². The van der Waals surface area contributed by atoms with E-state index in [0.717, 1.165) is 44.3 Å². The van der Waals surface area contributed by atoms with E-state index in [9.17, 15) is 5.26 Å². The zero-order valence-corrected chi connectivity index (χ0v) is 22.4. The maximum Gasteiger partial charge on any atom is 0.0712 e. The number of unbranched alkanes of at least 4 members (excludes halogenated alkanes) is 3. The molecule has 3 aromatic rings. The summed E-state index contributed by atoms with van der Waals surface area (Å²) in [7, 11) is 0. The van der Waals surface area contributed by atoms with Crippen molar-refractivity contribution in [3.05, 3.63) is 112 Å². The third-order valence-electron chi connectivity index (χ3n) is 7.79. The number of benzene rings is 3. The molecule has 37 heavy (non-hydrogen) atoms. The lowest BCUT2D eigenvalue weighted by Gasteiger charge is -2.30. The first-order valence-corrected chi connectivity index (χ1v) is 13.6. The number of piperidine rings is 1. The molecule has 2 nitrogen and oxygen atoms in total. The van der Waals surface area contributed by atoms with E-state index < -0.39 is 0 Å². The van der Waals surface area contributed by atoms with E-state index in [-0.39, 0.29) is 18.3 Å². The molecule has 1 unspecified atom stereocenters. The minimum absolute atomic E-state index is 0. The van der Waals surface area contributed by atoms with Crippen LogP contribution in [0.2, 0.25) is 0 Å². The van der Waals surface area contributed by atoms with Crippen molar-refractivity contribution in [3.8, 4) is 6.07 Å². The molecule has 5 rings (SSSR count). The Hall–Kier alpha value is -3.12. The Morgan fingerprint density at radius 1 is 0.703 bits per heavy atom. The summed E-state index contributed by atoms with van der Waals surface area (Å²) in [5.74, 6) is 0.0363. The Bertz CT molecular complexity index is 1210. The Kier molecular flexibility index (Phi) is 9.78. The summed E-state index contributed by atoms with van der Waals surface area (Å²) in [6.07, 6.45) is 12.7. The number of nitrogens with zero attached hydrogens (tertiary/aromatic N) is 2. The van der Waals surface area contributed by atoms with Crippen molar-refractivity contribution in [2.75, 3.05) is 19.6 Å². The molecular formula is C34H37ClN2. The summed E-state index contributed by atoms with van der Waals surface area (Å²) in [6, 6.07) is 30.5. The molecule has 1 fully saturated rings. The van der Waals surface area contributed by atoms with E-state index in [1.807, 2.05) is 18.2 Å². The van der Waals surface area contributed by atoms with Gasteiger partial charge in [-0.25, -0.2) is 0 Å². The van der Waals surface area contributed by atoms with Gasteiger partial charge in [0.15, 0.2) is 0 Å².